The number of anilines is 2. The Morgan fingerprint density at radius 1 is 0.958 bits per heavy atom. The van der Waals surface area contributed by atoms with Crippen LogP contribution in [0.25, 0.3) is 0 Å². The van der Waals surface area contributed by atoms with E-state index in [0.717, 1.165) is 37.2 Å². The summed E-state index contributed by atoms with van der Waals surface area (Å²) in [6.07, 6.45) is 2.17. The Kier molecular flexibility index (Phi) is 6.26. The van der Waals surface area contributed by atoms with Gasteiger partial charge in [0.15, 0.2) is 0 Å². The van der Waals surface area contributed by atoms with Crippen LogP contribution in [0.1, 0.15) is 32.3 Å². The highest BCUT2D eigenvalue weighted by Gasteiger charge is 2.14. The van der Waals surface area contributed by atoms with E-state index in [1.807, 2.05) is 37.3 Å². The van der Waals surface area contributed by atoms with Crippen molar-refractivity contribution in [3.63, 3.8) is 0 Å². The quantitative estimate of drug-likeness (QED) is 0.769. The highest BCUT2D eigenvalue weighted by Crippen LogP contribution is 2.21. The molecular weight excluding hydrogens is 320 g/mol. The third kappa shape index (κ3) is 4.74. The highest BCUT2D eigenvalue weighted by atomic mass is 32.2. The molecule has 0 radical (unpaired) electrons. The molecule has 0 fully saturated rings. The molecular formula is C19H26N2O2S. The van der Waals surface area contributed by atoms with Crippen LogP contribution in [-0.2, 0) is 10.0 Å². The lowest BCUT2D eigenvalue weighted by Crippen LogP contribution is -2.24. The summed E-state index contributed by atoms with van der Waals surface area (Å²) < 4.78 is 27.6. The predicted octanol–water partition coefficient (Wildman–Crippen LogP) is 4.42. The molecule has 0 spiro atoms. The molecule has 1 N–H and O–H groups in total. The van der Waals surface area contributed by atoms with Crippen molar-refractivity contribution in [1.29, 1.82) is 0 Å². The summed E-state index contributed by atoms with van der Waals surface area (Å²) in [5.41, 5.74) is 2.62. The summed E-state index contributed by atoms with van der Waals surface area (Å²) in [5.74, 6) is 0. The van der Waals surface area contributed by atoms with E-state index in [2.05, 4.69) is 23.5 Å². The average Bonchev–Trinajstić information content (AvgIpc) is 2.55. The molecule has 0 atom stereocenters. The van der Waals surface area contributed by atoms with Gasteiger partial charge in [-0.1, -0.05) is 26.0 Å². The Labute approximate surface area is 145 Å². The summed E-state index contributed by atoms with van der Waals surface area (Å²) in [5, 5.41) is 0. The summed E-state index contributed by atoms with van der Waals surface area (Å²) in [7, 11) is -3.55. The van der Waals surface area contributed by atoms with Crippen molar-refractivity contribution < 1.29 is 8.42 Å². The van der Waals surface area contributed by atoms with Gasteiger partial charge in [0, 0.05) is 24.5 Å². The summed E-state index contributed by atoms with van der Waals surface area (Å²) >= 11 is 0. The Balaban J connectivity index is 2.16. The molecule has 0 bridgehead atoms. The molecule has 5 heteroatoms. The number of hydrogen-bond donors (Lipinski definition) is 1. The van der Waals surface area contributed by atoms with E-state index in [1.165, 1.54) is 0 Å². The van der Waals surface area contributed by atoms with E-state index in [0.29, 0.717) is 5.69 Å². The third-order valence-electron chi connectivity index (χ3n) is 3.77. The lowest BCUT2D eigenvalue weighted by molar-refractivity contribution is 0.601. The maximum Gasteiger partial charge on any atom is 0.261 e. The molecule has 0 aliphatic carbocycles. The van der Waals surface area contributed by atoms with Gasteiger partial charge in [0.2, 0.25) is 0 Å². The summed E-state index contributed by atoms with van der Waals surface area (Å²) in [4.78, 5) is 2.60. The van der Waals surface area contributed by atoms with Crippen LogP contribution in [0.3, 0.4) is 0 Å². The number of nitrogens with zero attached hydrogens (tertiary/aromatic N) is 1. The van der Waals surface area contributed by atoms with Crippen molar-refractivity contribution >= 4 is 21.4 Å². The fourth-order valence-electron chi connectivity index (χ4n) is 2.65. The van der Waals surface area contributed by atoms with E-state index in [1.54, 1.807) is 18.2 Å². The van der Waals surface area contributed by atoms with Crippen LogP contribution < -0.4 is 9.62 Å². The van der Waals surface area contributed by atoms with E-state index in [4.69, 9.17) is 0 Å². The van der Waals surface area contributed by atoms with Crippen LogP contribution in [0.5, 0.6) is 0 Å². The third-order valence-corrected chi connectivity index (χ3v) is 5.15. The normalized spacial score (nSPS) is 11.3. The minimum absolute atomic E-state index is 0.283. The molecule has 130 valence electrons. The number of rotatable bonds is 8. The van der Waals surface area contributed by atoms with Crippen molar-refractivity contribution in [3.05, 3.63) is 54.1 Å². The van der Waals surface area contributed by atoms with Gasteiger partial charge in [-0.05, 0) is 61.7 Å². The van der Waals surface area contributed by atoms with Crippen molar-refractivity contribution in [2.45, 2.75) is 38.5 Å². The number of nitrogens with one attached hydrogen (secondary N) is 1. The minimum atomic E-state index is -3.55. The molecule has 0 amide bonds. The molecule has 4 nitrogen and oxygen atoms in total. The van der Waals surface area contributed by atoms with Gasteiger partial charge in [-0.25, -0.2) is 8.42 Å². The Bertz CT molecular complexity index is 749. The zero-order valence-corrected chi connectivity index (χ0v) is 15.4. The molecule has 2 aromatic carbocycles. The van der Waals surface area contributed by atoms with Gasteiger partial charge in [-0.3, -0.25) is 4.72 Å². The first-order chi connectivity index (χ1) is 11.5. The number of aryl methyl sites for hydroxylation is 1. The van der Waals surface area contributed by atoms with Gasteiger partial charge in [0.05, 0.1) is 4.90 Å². The van der Waals surface area contributed by atoms with Gasteiger partial charge in [0.1, 0.15) is 0 Å². The second kappa shape index (κ2) is 8.20. The van der Waals surface area contributed by atoms with Crippen LogP contribution in [0.4, 0.5) is 11.4 Å². The van der Waals surface area contributed by atoms with Crippen molar-refractivity contribution in [2.75, 3.05) is 22.7 Å². The van der Waals surface area contributed by atoms with E-state index >= 15 is 0 Å². The van der Waals surface area contributed by atoms with Gasteiger partial charge < -0.3 is 4.90 Å². The number of benzene rings is 2. The average molecular weight is 346 g/mol. The first kappa shape index (κ1) is 18.3. The largest absolute Gasteiger partial charge is 0.372 e. The molecule has 0 aliphatic heterocycles. The fraction of sp³-hybridized carbons (Fsp3) is 0.368. The highest BCUT2D eigenvalue weighted by molar-refractivity contribution is 7.92. The van der Waals surface area contributed by atoms with Crippen LogP contribution in [-0.4, -0.2) is 21.5 Å². The molecule has 0 saturated carbocycles. The molecule has 0 aliphatic rings. The van der Waals surface area contributed by atoms with E-state index in [-0.39, 0.29) is 4.90 Å². The van der Waals surface area contributed by atoms with Crippen molar-refractivity contribution in [1.82, 2.24) is 0 Å². The first-order valence-electron chi connectivity index (χ1n) is 8.40. The lowest BCUT2D eigenvalue weighted by atomic mass is 10.2. The smallest absolute Gasteiger partial charge is 0.261 e. The standard InChI is InChI=1S/C19H26N2O2S/c1-4-13-21(14-5-2)18-11-9-17(10-12-18)20-24(22,23)19-8-6-7-16(3)15-19/h6-12,15,20H,4-5,13-14H2,1-3H3. The maximum absolute atomic E-state index is 12.5. The second-order valence-corrected chi connectivity index (χ2v) is 7.64. The van der Waals surface area contributed by atoms with Crippen LogP contribution in [0, 0.1) is 6.92 Å². The Hall–Kier alpha value is -2.01. The van der Waals surface area contributed by atoms with E-state index < -0.39 is 10.0 Å². The second-order valence-electron chi connectivity index (χ2n) is 5.96. The lowest BCUT2D eigenvalue weighted by Gasteiger charge is -2.24. The predicted molar refractivity (Wildman–Crippen MR) is 101 cm³/mol. The Morgan fingerprint density at radius 3 is 2.12 bits per heavy atom. The van der Waals surface area contributed by atoms with Gasteiger partial charge in [-0.15, -0.1) is 0 Å². The van der Waals surface area contributed by atoms with Gasteiger partial charge in [0.25, 0.3) is 10.0 Å². The molecule has 0 unspecified atom stereocenters. The van der Waals surface area contributed by atoms with Crippen LogP contribution in [0.15, 0.2) is 53.4 Å². The van der Waals surface area contributed by atoms with Crippen molar-refractivity contribution in [3.8, 4) is 0 Å². The molecule has 0 aromatic heterocycles. The Morgan fingerprint density at radius 2 is 1.58 bits per heavy atom. The molecule has 2 aromatic rings. The van der Waals surface area contributed by atoms with E-state index in [9.17, 15) is 8.42 Å². The molecule has 0 heterocycles. The van der Waals surface area contributed by atoms with Crippen LogP contribution >= 0.6 is 0 Å². The molecule has 2 rings (SSSR count). The molecule has 24 heavy (non-hydrogen) atoms. The number of hydrogen-bond acceptors (Lipinski definition) is 3. The van der Waals surface area contributed by atoms with Gasteiger partial charge >= 0.3 is 0 Å². The zero-order valence-electron chi connectivity index (χ0n) is 14.6. The summed E-state index contributed by atoms with van der Waals surface area (Å²) in [6, 6.07) is 14.5. The summed E-state index contributed by atoms with van der Waals surface area (Å²) in [6.45, 7) is 8.20. The zero-order chi connectivity index (χ0) is 17.6. The van der Waals surface area contributed by atoms with Crippen molar-refractivity contribution in [2.24, 2.45) is 0 Å². The first-order valence-corrected chi connectivity index (χ1v) is 9.89. The number of sulfonamides is 1. The molecule has 0 saturated heterocycles. The minimum Gasteiger partial charge on any atom is -0.372 e. The fourth-order valence-corrected chi connectivity index (χ4v) is 3.81. The monoisotopic (exact) mass is 346 g/mol. The SMILES string of the molecule is CCCN(CCC)c1ccc(NS(=O)(=O)c2cccc(C)c2)cc1. The topological polar surface area (TPSA) is 49.4 Å². The van der Waals surface area contributed by atoms with Gasteiger partial charge in [-0.2, -0.15) is 0 Å². The van der Waals surface area contributed by atoms with Crippen LogP contribution in [0.2, 0.25) is 0 Å². The maximum atomic E-state index is 12.5.